The van der Waals surface area contributed by atoms with E-state index in [9.17, 15) is 23.3 Å². The third-order valence-corrected chi connectivity index (χ3v) is 3.51. The van der Waals surface area contributed by atoms with Crippen LogP contribution in [-0.2, 0) is 6.18 Å². The third-order valence-electron chi connectivity index (χ3n) is 3.51. The first-order valence-electron chi connectivity index (χ1n) is 8.45. The second-order valence-electron chi connectivity index (χ2n) is 5.30. The molecule has 2 rings (SSSR count). The van der Waals surface area contributed by atoms with Crippen molar-refractivity contribution in [2.75, 3.05) is 5.06 Å². The molecular weight excluding hydrogens is 337 g/mol. The molecule has 2 aromatic rings. The summed E-state index contributed by atoms with van der Waals surface area (Å²) in [4.78, 5) is 10.2. The minimum atomic E-state index is -4.53. The van der Waals surface area contributed by atoms with Gasteiger partial charge in [0, 0.05) is 12.1 Å². The highest BCUT2D eigenvalue weighted by Gasteiger charge is 2.31. The molecule has 0 saturated carbocycles. The van der Waals surface area contributed by atoms with Crippen molar-refractivity contribution in [1.29, 1.82) is 0 Å². The van der Waals surface area contributed by atoms with E-state index in [1.54, 1.807) is 0 Å². The molecule has 8 heteroatoms. The Bertz CT molecular complexity index is 868. The van der Waals surface area contributed by atoms with Crippen LogP contribution in [0.4, 0.5) is 24.5 Å². The first-order valence-corrected chi connectivity index (χ1v) is 7.04. The number of nitrogens with zero attached hydrogens (tertiary/aromatic N) is 2. The molecule has 1 unspecified atom stereocenters. The topological polar surface area (TPSA) is 66.6 Å². The number of hydroxylamine groups is 1. The monoisotopic (exact) mass is 355 g/mol. The summed E-state index contributed by atoms with van der Waals surface area (Å²) in [5, 5.41) is 16.4. The number of halogens is 3. The standard InChI is InChI=1S/C17H15F3N2O3/c1-11(2)16(12-3-5-13(6-4-12)17(18,19)20)21(23)14-7-9-15(10-8-14)22(24)25/h3-10,16,23H,1H2,2H3/i1D2,23D. The van der Waals surface area contributed by atoms with E-state index in [2.05, 4.69) is 5.21 Å². The summed E-state index contributed by atoms with van der Waals surface area (Å²) in [7, 11) is 0. The molecule has 0 heterocycles. The van der Waals surface area contributed by atoms with Crippen LogP contribution in [0.1, 0.15) is 26.8 Å². The van der Waals surface area contributed by atoms with Gasteiger partial charge in [0.1, 0.15) is 6.04 Å². The van der Waals surface area contributed by atoms with Gasteiger partial charge in [-0.25, -0.2) is 5.06 Å². The number of hydrogen-bond donors (Lipinski definition) is 1. The molecule has 5 nitrogen and oxygen atoms in total. The molecule has 0 fully saturated rings. The van der Waals surface area contributed by atoms with E-state index in [1.165, 1.54) is 31.2 Å². The zero-order chi connectivity index (χ0) is 21.1. The van der Waals surface area contributed by atoms with Gasteiger partial charge < -0.3 is 0 Å². The molecule has 132 valence electrons. The quantitative estimate of drug-likeness (QED) is 0.443. The molecule has 1 atom stereocenters. The van der Waals surface area contributed by atoms with Gasteiger partial charge in [0.2, 0.25) is 1.43 Å². The van der Waals surface area contributed by atoms with Crippen LogP contribution in [0.3, 0.4) is 0 Å². The van der Waals surface area contributed by atoms with E-state index >= 15 is 0 Å². The molecule has 0 aliphatic rings. The van der Waals surface area contributed by atoms with E-state index < -0.39 is 29.2 Å². The molecule has 1 N–H and O–H groups in total. The fourth-order valence-electron chi connectivity index (χ4n) is 2.29. The molecule has 0 radical (unpaired) electrons. The Labute approximate surface area is 146 Å². The fraction of sp³-hybridized carbons (Fsp3) is 0.176. The molecule has 0 saturated heterocycles. The Hall–Kier alpha value is -2.87. The van der Waals surface area contributed by atoms with E-state index in [4.69, 9.17) is 4.17 Å². The average molecular weight is 355 g/mol. The normalized spacial score (nSPS) is 14.0. The summed E-state index contributed by atoms with van der Waals surface area (Å²) >= 11 is 0. The number of hydrogen-bond acceptors (Lipinski definition) is 4. The van der Waals surface area contributed by atoms with Gasteiger partial charge in [0.25, 0.3) is 5.69 Å². The highest BCUT2D eigenvalue weighted by molar-refractivity contribution is 5.52. The molecule has 0 bridgehead atoms. The van der Waals surface area contributed by atoms with Gasteiger partial charge in [0.15, 0.2) is 0 Å². The number of nitro benzene ring substituents is 1. The number of alkyl halides is 3. The van der Waals surface area contributed by atoms with Gasteiger partial charge in [-0.1, -0.05) is 24.2 Å². The van der Waals surface area contributed by atoms with Crippen molar-refractivity contribution < 1.29 is 27.5 Å². The van der Waals surface area contributed by atoms with Crippen molar-refractivity contribution in [3.8, 4) is 0 Å². The third kappa shape index (κ3) is 4.16. The molecule has 0 aromatic heterocycles. The van der Waals surface area contributed by atoms with Gasteiger partial charge in [-0.15, -0.1) is 0 Å². The maximum absolute atomic E-state index is 12.8. The largest absolute Gasteiger partial charge is 0.416 e. The predicted octanol–water partition coefficient (Wildman–Crippen LogP) is 5.13. The summed E-state index contributed by atoms with van der Waals surface area (Å²) in [6, 6.07) is 7.90. The average Bonchev–Trinajstić information content (AvgIpc) is 2.65. The first kappa shape index (κ1) is 14.5. The van der Waals surface area contributed by atoms with E-state index in [-0.39, 0.29) is 22.5 Å². The SMILES string of the molecule is [2H]ON(c1ccc([N+](=O)[O-])cc1)C(C(C)=C([2H])[2H])c1ccc(C(F)(F)F)cc1. The van der Waals surface area contributed by atoms with Crippen LogP contribution in [0, 0.1) is 10.1 Å². The summed E-state index contributed by atoms with van der Waals surface area (Å²) in [6.07, 6.45) is -4.53. The van der Waals surface area contributed by atoms with Crippen LogP contribution in [0.5, 0.6) is 0 Å². The van der Waals surface area contributed by atoms with Gasteiger partial charge in [0.05, 0.1) is 18.9 Å². The lowest BCUT2D eigenvalue weighted by atomic mass is 9.98. The van der Waals surface area contributed by atoms with Gasteiger partial charge in [-0.2, -0.15) is 13.2 Å². The summed E-state index contributed by atoms with van der Waals surface area (Å²) in [5.74, 6) is 0. The van der Waals surface area contributed by atoms with Crippen molar-refractivity contribution in [3.63, 3.8) is 0 Å². The van der Waals surface area contributed by atoms with E-state index in [0.29, 0.717) is 0 Å². The fourth-order valence-corrected chi connectivity index (χ4v) is 2.29. The zero-order valence-corrected chi connectivity index (χ0v) is 12.9. The number of benzene rings is 2. The van der Waals surface area contributed by atoms with E-state index in [0.717, 1.165) is 29.3 Å². The number of nitro groups is 1. The Morgan fingerprint density at radius 2 is 1.88 bits per heavy atom. The van der Waals surface area contributed by atoms with Crippen LogP contribution in [0.25, 0.3) is 0 Å². The van der Waals surface area contributed by atoms with Crippen molar-refractivity contribution in [2.24, 2.45) is 0 Å². The molecule has 0 aliphatic carbocycles. The Kier molecular flexibility index (Phi) is 4.02. The number of rotatable bonds is 6. The highest BCUT2D eigenvalue weighted by atomic mass is 19.4. The molecule has 0 aliphatic heterocycles. The number of non-ortho nitro benzene ring substituents is 1. The zero-order valence-electron chi connectivity index (χ0n) is 15.9. The minimum absolute atomic E-state index is 0.102. The smallest absolute Gasteiger partial charge is 0.288 e. The lowest BCUT2D eigenvalue weighted by molar-refractivity contribution is -0.384. The summed E-state index contributed by atoms with van der Waals surface area (Å²) in [5.41, 5.74) is -0.541. The molecular formula is C17H15F3N2O3. The van der Waals surface area contributed by atoms with Crippen LogP contribution in [0.2, 0.25) is 1.43 Å². The van der Waals surface area contributed by atoms with Crippen LogP contribution in [0.15, 0.2) is 60.6 Å². The Balaban J connectivity index is 2.52. The van der Waals surface area contributed by atoms with Gasteiger partial charge in [-0.05, 0) is 36.8 Å². The molecule has 0 amide bonds. The Morgan fingerprint density at radius 3 is 2.32 bits per heavy atom. The van der Waals surface area contributed by atoms with Crippen LogP contribution >= 0.6 is 0 Å². The van der Waals surface area contributed by atoms with Crippen LogP contribution in [-0.4, -0.2) is 10.1 Å². The van der Waals surface area contributed by atoms with Gasteiger partial charge >= 0.3 is 6.18 Å². The molecule has 2 aromatic carbocycles. The highest BCUT2D eigenvalue weighted by Crippen LogP contribution is 2.34. The lowest BCUT2D eigenvalue weighted by Crippen LogP contribution is -2.25. The maximum Gasteiger partial charge on any atom is 0.416 e. The van der Waals surface area contributed by atoms with Crippen LogP contribution < -0.4 is 5.06 Å². The molecule has 25 heavy (non-hydrogen) atoms. The second kappa shape index (κ2) is 6.94. The van der Waals surface area contributed by atoms with Crippen molar-refractivity contribution in [3.05, 3.63) is 81.9 Å². The van der Waals surface area contributed by atoms with Crippen molar-refractivity contribution in [2.45, 2.75) is 19.1 Å². The Morgan fingerprint density at radius 1 is 1.28 bits per heavy atom. The summed E-state index contributed by atoms with van der Waals surface area (Å²) < 4.78 is 60.9. The predicted molar refractivity (Wildman–Crippen MR) is 86.4 cm³/mol. The molecule has 0 spiro atoms. The lowest BCUT2D eigenvalue weighted by Gasteiger charge is -2.28. The van der Waals surface area contributed by atoms with Gasteiger partial charge in [-0.3, -0.25) is 15.3 Å². The second-order valence-corrected chi connectivity index (χ2v) is 5.30. The first-order chi connectivity index (χ1) is 13.1. The summed E-state index contributed by atoms with van der Waals surface area (Å²) in [6.45, 7) is 0.809. The van der Waals surface area contributed by atoms with E-state index in [1.807, 2.05) is 0 Å². The maximum atomic E-state index is 12.8. The van der Waals surface area contributed by atoms with Crippen molar-refractivity contribution in [1.82, 2.24) is 0 Å². The minimum Gasteiger partial charge on any atom is -0.288 e. The number of anilines is 1. The van der Waals surface area contributed by atoms with Crippen molar-refractivity contribution >= 4 is 11.4 Å².